The molecule has 13 heavy (non-hydrogen) atoms. The first kappa shape index (κ1) is 3.20. The first-order valence-electron chi connectivity index (χ1n) is 7.26. The molecule has 0 N–H and O–H groups in total. The summed E-state index contributed by atoms with van der Waals surface area (Å²) in [5, 5.41) is 3.68. The van der Waals surface area contributed by atoms with E-state index >= 15 is 0 Å². The van der Waals surface area contributed by atoms with Gasteiger partial charge in [0, 0.05) is 16.0 Å². The minimum atomic E-state index is -2.71. The van der Waals surface area contributed by atoms with Crippen molar-refractivity contribution in [1.82, 2.24) is 14.8 Å². The fourth-order valence-electron chi connectivity index (χ4n) is 0.726. The molecular weight excluding hydrogens is 230 g/mol. The summed E-state index contributed by atoms with van der Waals surface area (Å²) >= 11 is 2.97. The summed E-state index contributed by atoms with van der Waals surface area (Å²) in [5.74, 6) is 0. The molecule has 0 aromatic carbocycles. The molecule has 0 amide bonds. The molecule has 2 heterocycles. The van der Waals surface area contributed by atoms with E-state index < -0.39 is 30.8 Å². The summed E-state index contributed by atoms with van der Waals surface area (Å²) in [6.45, 7) is -2.71. The number of aryl methyl sites for hydroxylation is 1. The fourth-order valence-corrected chi connectivity index (χ4v) is 0.974. The number of pyridine rings is 1. The van der Waals surface area contributed by atoms with Crippen molar-refractivity contribution in [3.05, 3.63) is 40.8 Å². The van der Waals surface area contributed by atoms with Gasteiger partial charge in [0.15, 0.2) is 0 Å². The second-order valence-electron chi connectivity index (χ2n) is 2.12. The number of hydrogen-bond acceptors (Lipinski definition) is 2. The molecule has 0 radical (unpaired) electrons. The molecular formula is C9H8BrN3. The summed E-state index contributed by atoms with van der Waals surface area (Å²) < 4.78 is 61.2. The lowest BCUT2D eigenvalue weighted by atomic mass is 10.3. The zero-order valence-electron chi connectivity index (χ0n) is 14.2. The smallest absolute Gasteiger partial charge is 0.0872 e. The molecule has 2 aromatic rings. The molecule has 0 aliphatic carbocycles. The van der Waals surface area contributed by atoms with Crippen LogP contribution in [0.15, 0.2) is 35.1 Å². The third kappa shape index (κ3) is 1.78. The molecule has 0 saturated carbocycles. The fraction of sp³-hybridized carbons (Fsp3) is 0.111. The van der Waals surface area contributed by atoms with Gasteiger partial charge in [-0.05, 0) is 34.9 Å². The minimum Gasteiger partial charge on any atom is -0.259 e. The topological polar surface area (TPSA) is 30.7 Å². The highest BCUT2D eigenvalue weighted by Crippen LogP contribution is 2.11. The molecule has 4 heteroatoms. The van der Waals surface area contributed by atoms with E-state index in [1.807, 2.05) is 0 Å². The van der Waals surface area contributed by atoms with Crippen molar-refractivity contribution in [1.29, 1.82) is 0 Å². The summed E-state index contributed by atoms with van der Waals surface area (Å²) in [6.07, 6.45) is -1.15. The summed E-state index contributed by atoms with van der Waals surface area (Å²) in [4.78, 5) is 3.54. The Hall–Kier alpha value is -1.16. The van der Waals surface area contributed by atoms with E-state index in [0.717, 1.165) is 4.68 Å². The quantitative estimate of drug-likeness (QED) is 0.773. The van der Waals surface area contributed by atoms with Gasteiger partial charge in [-0.15, -0.1) is 0 Å². The van der Waals surface area contributed by atoms with Crippen LogP contribution in [0, 0.1) is 6.85 Å². The van der Waals surface area contributed by atoms with E-state index in [1.165, 1.54) is 0 Å². The van der Waals surface area contributed by atoms with Gasteiger partial charge >= 0.3 is 0 Å². The average molecular weight is 246 g/mol. The monoisotopic (exact) mass is 245 g/mol. The Morgan fingerprint density at radius 3 is 3.15 bits per heavy atom. The standard InChI is InChI=1S/C9H8BrN3/c1-7-2-3-9(5-11-7)13-6-8(10)4-12-13/h2-6H,1H3/i1D3,2D,3D,4D,5D,6D. The summed E-state index contributed by atoms with van der Waals surface area (Å²) in [7, 11) is 0. The zero-order chi connectivity index (χ0) is 16.1. The summed E-state index contributed by atoms with van der Waals surface area (Å²) in [6, 6.07) is -1.23. The van der Waals surface area contributed by atoms with Crippen molar-refractivity contribution < 1.29 is 11.0 Å². The largest absolute Gasteiger partial charge is 0.259 e. The van der Waals surface area contributed by atoms with Crippen molar-refractivity contribution in [3.63, 3.8) is 0 Å². The Morgan fingerprint density at radius 2 is 2.46 bits per heavy atom. The van der Waals surface area contributed by atoms with E-state index in [9.17, 15) is 0 Å². The van der Waals surface area contributed by atoms with Gasteiger partial charge in [-0.3, -0.25) is 4.98 Å². The molecule has 2 aromatic heterocycles. The average Bonchev–Trinajstić information content (AvgIpc) is 2.61. The lowest BCUT2D eigenvalue weighted by Crippen LogP contribution is -1.94. The molecule has 0 atom stereocenters. The minimum absolute atomic E-state index is 0.0627. The van der Waals surface area contributed by atoms with Crippen LogP contribution in [-0.2, 0) is 0 Å². The molecule has 3 nitrogen and oxygen atoms in total. The zero-order valence-corrected chi connectivity index (χ0v) is 7.81. The Labute approximate surface area is 95.8 Å². The van der Waals surface area contributed by atoms with Gasteiger partial charge in [0.05, 0.1) is 29.4 Å². The van der Waals surface area contributed by atoms with Crippen LogP contribution in [-0.4, -0.2) is 14.8 Å². The van der Waals surface area contributed by atoms with Crippen LogP contribution in [0.2, 0.25) is 0 Å². The van der Waals surface area contributed by atoms with Gasteiger partial charge in [0.2, 0.25) is 0 Å². The van der Waals surface area contributed by atoms with Crippen LogP contribution in [0.25, 0.3) is 5.69 Å². The van der Waals surface area contributed by atoms with Gasteiger partial charge in [-0.25, -0.2) is 4.68 Å². The molecule has 0 aliphatic rings. The molecule has 0 unspecified atom stereocenters. The van der Waals surface area contributed by atoms with Crippen LogP contribution in [0.3, 0.4) is 0 Å². The Bertz CT molecular complexity index is 723. The lowest BCUT2D eigenvalue weighted by Gasteiger charge is -1.99. The van der Waals surface area contributed by atoms with E-state index in [1.54, 1.807) is 0 Å². The van der Waals surface area contributed by atoms with Crippen molar-refractivity contribution in [2.45, 2.75) is 6.85 Å². The molecule has 0 bridgehead atoms. The third-order valence-electron chi connectivity index (χ3n) is 1.24. The molecule has 0 aliphatic heterocycles. The maximum atomic E-state index is 7.85. The van der Waals surface area contributed by atoms with Crippen LogP contribution in [0.1, 0.15) is 16.7 Å². The number of rotatable bonds is 1. The maximum Gasteiger partial charge on any atom is 0.0872 e. The van der Waals surface area contributed by atoms with Crippen molar-refractivity contribution in [2.75, 3.05) is 0 Å². The molecule has 0 fully saturated rings. The van der Waals surface area contributed by atoms with E-state index in [0.29, 0.717) is 0 Å². The molecule has 2 rings (SSSR count). The maximum absolute atomic E-state index is 7.85. The molecule has 0 spiro atoms. The lowest BCUT2D eigenvalue weighted by molar-refractivity contribution is 0.871. The highest BCUT2D eigenvalue weighted by atomic mass is 79.9. The second kappa shape index (κ2) is 3.30. The highest BCUT2D eigenvalue weighted by Gasteiger charge is 1.97. The SMILES string of the molecule is [2H]c1nn(-c2c([2H])nc(C([2H])([2H])[2H])c([2H])c2[2H])c([2H])c1Br. The van der Waals surface area contributed by atoms with Crippen LogP contribution in [0.5, 0.6) is 0 Å². The Kier molecular flexibility index (Phi) is 0.813. The Morgan fingerprint density at radius 1 is 1.54 bits per heavy atom. The number of hydrogen-bond donors (Lipinski definition) is 0. The molecule has 0 saturated heterocycles. The Balaban J connectivity index is 2.78. The van der Waals surface area contributed by atoms with Crippen molar-refractivity contribution in [3.8, 4) is 5.69 Å². The predicted molar refractivity (Wildman–Crippen MR) is 53.8 cm³/mol. The van der Waals surface area contributed by atoms with Gasteiger partial charge in [0.1, 0.15) is 0 Å². The molecule has 66 valence electrons. The number of halogens is 1. The number of aromatic nitrogens is 3. The van der Waals surface area contributed by atoms with Gasteiger partial charge < -0.3 is 0 Å². The van der Waals surface area contributed by atoms with Gasteiger partial charge in [-0.1, -0.05) is 0 Å². The van der Waals surface area contributed by atoms with Crippen LogP contribution < -0.4 is 0 Å². The second-order valence-corrected chi connectivity index (χ2v) is 2.91. The normalized spacial score (nSPS) is 20.1. The third-order valence-corrected chi connectivity index (χ3v) is 1.59. The van der Waals surface area contributed by atoms with Crippen LogP contribution in [0.4, 0.5) is 0 Å². The van der Waals surface area contributed by atoms with Crippen molar-refractivity contribution >= 4 is 15.9 Å². The number of nitrogens with zero attached hydrogens (tertiary/aromatic N) is 3. The van der Waals surface area contributed by atoms with E-state index in [-0.39, 0.29) is 22.5 Å². The first-order chi connectivity index (χ1) is 9.55. The van der Waals surface area contributed by atoms with Crippen LogP contribution >= 0.6 is 15.9 Å². The van der Waals surface area contributed by atoms with Crippen molar-refractivity contribution in [2.24, 2.45) is 0 Å². The van der Waals surface area contributed by atoms with Gasteiger partial charge in [0.25, 0.3) is 0 Å². The highest BCUT2D eigenvalue weighted by molar-refractivity contribution is 9.10. The van der Waals surface area contributed by atoms with Gasteiger partial charge in [-0.2, -0.15) is 5.10 Å². The van der Waals surface area contributed by atoms with E-state index in [2.05, 4.69) is 26.0 Å². The summed E-state index contributed by atoms with van der Waals surface area (Å²) in [5.41, 5.74) is -0.956. The van der Waals surface area contributed by atoms with E-state index in [4.69, 9.17) is 11.0 Å². The first-order valence-corrected chi connectivity index (χ1v) is 4.05. The predicted octanol–water partition coefficient (Wildman–Crippen LogP) is 2.34.